The summed E-state index contributed by atoms with van der Waals surface area (Å²) in [5.41, 5.74) is 2.40. The van der Waals surface area contributed by atoms with E-state index < -0.39 is 0 Å². The predicted octanol–water partition coefficient (Wildman–Crippen LogP) is 4.72. The summed E-state index contributed by atoms with van der Waals surface area (Å²) in [7, 11) is 0. The molecule has 0 saturated heterocycles. The van der Waals surface area contributed by atoms with E-state index in [1.807, 2.05) is 31.2 Å². The zero-order valence-electron chi connectivity index (χ0n) is 11.3. The van der Waals surface area contributed by atoms with Gasteiger partial charge in [0.15, 0.2) is 0 Å². The SMILES string of the molecule is Cc1cc(Br)c(F)cc1NC(=O)C1CSc2ccccc21. The maximum absolute atomic E-state index is 13.6. The van der Waals surface area contributed by atoms with Crippen molar-refractivity contribution >= 4 is 39.3 Å². The van der Waals surface area contributed by atoms with Gasteiger partial charge in [-0.15, -0.1) is 11.8 Å². The van der Waals surface area contributed by atoms with Crippen LogP contribution in [0.5, 0.6) is 0 Å². The Balaban J connectivity index is 1.84. The second-order valence-corrected chi connectivity index (χ2v) is 6.89. The summed E-state index contributed by atoms with van der Waals surface area (Å²) in [5, 5.41) is 2.85. The minimum Gasteiger partial charge on any atom is -0.325 e. The summed E-state index contributed by atoms with van der Waals surface area (Å²) in [6.45, 7) is 1.84. The quantitative estimate of drug-likeness (QED) is 0.833. The van der Waals surface area contributed by atoms with Gasteiger partial charge in [-0.05, 0) is 52.2 Å². The van der Waals surface area contributed by atoms with Gasteiger partial charge in [-0.1, -0.05) is 18.2 Å². The van der Waals surface area contributed by atoms with Crippen LogP contribution in [0.3, 0.4) is 0 Å². The van der Waals surface area contributed by atoms with Crippen LogP contribution in [0, 0.1) is 12.7 Å². The van der Waals surface area contributed by atoms with Gasteiger partial charge in [0.25, 0.3) is 0 Å². The van der Waals surface area contributed by atoms with Crippen molar-refractivity contribution < 1.29 is 9.18 Å². The van der Waals surface area contributed by atoms with Crippen molar-refractivity contribution in [2.24, 2.45) is 0 Å². The third kappa shape index (κ3) is 2.85. The number of anilines is 1. The van der Waals surface area contributed by atoms with Crippen LogP contribution in [-0.2, 0) is 4.79 Å². The first-order valence-electron chi connectivity index (χ1n) is 6.54. The molecule has 1 N–H and O–H groups in total. The van der Waals surface area contributed by atoms with Crippen molar-refractivity contribution in [1.82, 2.24) is 0 Å². The highest BCUT2D eigenvalue weighted by Crippen LogP contribution is 2.40. The van der Waals surface area contributed by atoms with E-state index in [1.54, 1.807) is 17.8 Å². The van der Waals surface area contributed by atoms with Crippen LogP contribution in [0.15, 0.2) is 45.8 Å². The van der Waals surface area contributed by atoms with Gasteiger partial charge in [0.1, 0.15) is 5.82 Å². The summed E-state index contributed by atoms with van der Waals surface area (Å²) in [5.74, 6) is 0.0788. The topological polar surface area (TPSA) is 29.1 Å². The molecule has 108 valence electrons. The lowest BCUT2D eigenvalue weighted by atomic mass is 10.0. The molecule has 1 unspecified atom stereocenters. The van der Waals surface area contributed by atoms with Crippen LogP contribution in [0.25, 0.3) is 0 Å². The van der Waals surface area contributed by atoms with Crippen LogP contribution >= 0.6 is 27.7 Å². The number of rotatable bonds is 2. The lowest BCUT2D eigenvalue weighted by molar-refractivity contribution is -0.117. The summed E-state index contributed by atoms with van der Waals surface area (Å²) < 4.78 is 14.0. The fraction of sp³-hybridized carbons (Fsp3) is 0.188. The summed E-state index contributed by atoms with van der Waals surface area (Å²) in [6.07, 6.45) is 0. The number of benzene rings is 2. The molecule has 1 aliphatic heterocycles. The minimum atomic E-state index is -0.378. The molecule has 21 heavy (non-hydrogen) atoms. The first-order valence-corrected chi connectivity index (χ1v) is 8.32. The van der Waals surface area contributed by atoms with E-state index in [9.17, 15) is 9.18 Å². The molecule has 0 fully saturated rings. The van der Waals surface area contributed by atoms with Crippen LogP contribution in [-0.4, -0.2) is 11.7 Å². The van der Waals surface area contributed by atoms with Crippen LogP contribution in [0.1, 0.15) is 17.0 Å². The van der Waals surface area contributed by atoms with Crippen LogP contribution in [0.4, 0.5) is 10.1 Å². The van der Waals surface area contributed by atoms with Gasteiger partial charge < -0.3 is 5.32 Å². The highest BCUT2D eigenvalue weighted by molar-refractivity contribution is 9.10. The summed E-state index contributed by atoms with van der Waals surface area (Å²) in [4.78, 5) is 13.6. The fourth-order valence-electron chi connectivity index (χ4n) is 2.38. The van der Waals surface area contributed by atoms with Gasteiger partial charge in [0, 0.05) is 16.3 Å². The lowest BCUT2D eigenvalue weighted by Gasteiger charge is -2.14. The molecule has 0 bridgehead atoms. The first kappa shape index (κ1) is 14.6. The first-order chi connectivity index (χ1) is 10.1. The molecule has 2 aromatic carbocycles. The Morgan fingerprint density at radius 2 is 2.14 bits per heavy atom. The number of aryl methyl sites for hydroxylation is 1. The molecule has 0 spiro atoms. The average Bonchev–Trinajstić information content (AvgIpc) is 2.88. The van der Waals surface area contributed by atoms with Gasteiger partial charge in [0.05, 0.1) is 10.4 Å². The van der Waals surface area contributed by atoms with Crippen molar-refractivity contribution in [3.8, 4) is 0 Å². The standard InChI is InChI=1S/C16H13BrFNOS/c1-9-6-12(17)13(18)7-14(9)19-16(20)11-8-21-15-5-3-2-4-10(11)15/h2-7,11H,8H2,1H3,(H,19,20). The highest BCUT2D eigenvalue weighted by atomic mass is 79.9. The Morgan fingerprint density at radius 3 is 2.95 bits per heavy atom. The Labute approximate surface area is 135 Å². The zero-order valence-corrected chi connectivity index (χ0v) is 13.7. The number of thioether (sulfide) groups is 1. The molecule has 1 atom stereocenters. The van der Waals surface area contributed by atoms with Crippen molar-refractivity contribution in [3.05, 3.63) is 57.8 Å². The van der Waals surface area contributed by atoms with E-state index in [0.29, 0.717) is 10.2 Å². The minimum absolute atomic E-state index is 0.0859. The monoisotopic (exact) mass is 365 g/mol. The molecule has 1 aliphatic rings. The van der Waals surface area contributed by atoms with Crippen LogP contribution < -0.4 is 5.32 Å². The third-order valence-corrected chi connectivity index (χ3v) is 5.33. The molecular formula is C16H13BrFNOS. The number of fused-ring (bicyclic) bond motifs is 1. The molecule has 0 aliphatic carbocycles. The van der Waals surface area contributed by atoms with Crippen LogP contribution in [0.2, 0.25) is 0 Å². The fourth-order valence-corrected chi connectivity index (χ4v) is 4.07. The van der Waals surface area contributed by atoms with Gasteiger partial charge in [0.2, 0.25) is 5.91 Å². The number of halogens is 2. The molecule has 0 saturated carbocycles. The van der Waals surface area contributed by atoms with E-state index in [-0.39, 0.29) is 17.6 Å². The van der Waals surface area contributed by atoms with Gasteiger partial charge in [-0.25, -0.2) is 4.39 Å². The largest absolute Gasteiger partial charge is 0.325 e. The Hall–Kier alpha value is -1.33. The van der Waals surface area contributed by atoms with Gasteiger partial charge in [-0.3, -0.25) is 4.79 Å². The van der Waals surface area contributed by atoms with Crippen molar-refractivity contribution in [3.63, 3.8) is 0 Å². The Morgan fingerprint density at radius 1 is 1.38 bits per heavy atom. The maximum Gasteiger partial charge on any atom is 0.232 e. The van der Waals surface area contributed by atoms with E-state index in [2.05, 4.69) is 21.2 Å². The highest BCUT2D eigenvalue weighted by Gasteiger charge is 2.29. The Bertz CT molecular complexity index is 719. The predicted molar refractivity (Wildman–Crippen MR) is 87.4 cm³/mol. The molecule has 1 amide bonds. The smallest absolute Gasteiger partial charge is 0.232 e. The molecule has 1 heterocycles. The average molecular weight is 366 g/mol. The second kappa shape index (κ2) is 5.81. The van der Waals surface area contributed by atoms with E-state index in [1.165, 1.54) is 6.07 Å². The normalized spacial score (nSPS) is 16.6. The maximum atomic E-state index is 13.6. The number of carbonyl (C=O) groups excluding carboxylic acids is 1. The third-order valence-electron chi connectivity index (χ3n) is 3.54. The molecule has 5 heteroatoms. The zero-order chi connectivity index (χ0) is 15.0. The summed E-state index contributed by atoms with van der Waals surface area (Å²) in [6, 6.07) is 10.9. The van der Waals surface area contributed by atoms with Crippen molar-refractivity contribution in [2.45, 2.75) is 17.7 Å². The van der Waals surface area contributed by atoms with E-state index in [0.717, 1.165) is 21.8 Å². The number of nitrogens with one attached hydrogen (secondary N) is 1. The molecular weight excluding hydrogens is 353 g/mol. The van der Waals surface area contributed by atoms with Gasteiger partial charge in [-0.2, -0.15) is 0 Å². The second-order valence-electron chi connectivity index (χ2n) is 4.97. The van der Waals surface area contributed by atoms with Crippen molar-refractivity contribution in [2.75, 3.05) is 11.1 Å². The molecule has 0 radical (unpaired) electrons. The molecule has 0 aromatic heterocycles. The van der Waals surface area contributed by atoms with Crippen molar-refractivity contribution in [1.29, 1.82) is 0 Å². The number of hydrogen-bond acceptors (Lipinski definition) is 2. The van der Waals surface area contributed by atoms with Gasteiger partial charge >= 0.3 is 0 Å². The van der Waals surface area contributed by atoms with E-state index in [4.69, 9.17) is 0 Å². The number of carbonyl (C=O) groups is 1. The lowest BCUT2D eigenvalue weighted by Crippen LogP contribution is -2.21. The Kier molecular flexibility index (Phi) is 4.04. The molecule has 2 aromatic rings. The number of hydrogen-bond donors (Lipinski definition) is 1. The summed E-state index contributed by atoms with van der Waals surface area (Å²) >= 11 is 4.83. The van der Waals surface area contributed by atoms with E-state index >= 15 is 0 Å². The molecule has 3 rings (SSSR count). The molecule has 2 nitrogen and oxygen atoms in total. The number of amides is 1.